The van der Waals surface area contributed by atoms with Crippen LogP contribution in [0.4, 0.5) is 0 Å². The lowest BCUT2D eigenvalue weighted by atomic mass is 9.87. The van der Waals surface area contributed by atoms with E-state index in [0.29, 0.717) is 11.7 Å². The fraction of sp³-hybridized carbons (Fsp3) is 0.385. The Bertz CT molecular complexity index is 526. The summed E-state index contributed by atoms with van der Waals surface area (Å²) in [5.41, 5.74) is 6.69. The van der Waals surface area contributed by atoms with E-state index in [1.165, 1.54) is 0 Å². The Morgan fingerprint density at radius 1 is 1.22 bits per heavy atom. The summed E-state index contributed by atoms with van der Waals surface area (Å²) in [6.45, 7) is 6.05. The molecule has 3 N–H and O–H groups in total. The van der Waals surface area contributed by atoms with Crippen molar-refractivity contribution in [1.29, 1.82) is 0 Å². The van der Waals surface area contributed by atoms with Crippen LogP contribution in [-0.2, 0) is 0 Å². The molecule has 0 aliphatic carbocycles. The molecular formula is C13H17N3O2. The Kier molecular flexibility index (Phi) is 3.09. The number of nitrogens with two attached hydrogens (primary N) is 1. The standard InChI is InChI=1S/C13H17N3O2/c1-13(2,3)10(14)12-15-11(16-18-12)8-4-6-9(17)7-5-8/h4-7,10,17H,14H2,1-3H3/t10-/m1/s1. The van der Waals surface area contributed by atoms with E-state index in [9.17, 15) is 5.11 Å². The minimum absolute atomic E-state index is 0.140. The van der Waals surface area contributed by atoms with Gasteiger partial charge in [-0.3, -0.25) is 0 Å². The molecule has 2 aromatic rings. The fourth-order valence-corrected chi connectivity index (χ4v) is 1.46. The molecule has 1 atom stereocenters. The van der Waals surface area contributed by atoms with Gasteiger partial charge in [-0.15, -0.1) is 0 Å². The van der Waals surface area contributed by atoms with Crippen molar-refractivity contribution in [1.82, 2.24) is 10.1 Å². The summed E-state index contributed by atoms with van der Waals surface area (Å²) in [6.07, 6.45) is 0. The molecule has 0 bridgehead atoms. The van der Waals surface area contributed by atoms with Crippen LogP contribution in [0.1, 0.15) is 32.7 Å². The Morgan fingerprint density at radius 3 is 2.39 bits per heavy atom. The third-order valence-electron chi connectivity index (χ3n) is 2.77. The minimum Gasteiger partial charge on any atom is -0.508 e. The largest absolute Gasteiger partial charge is 0.508 e. The Labute approximate surface area is 106 Å². The van der Waals surface area contributed by atoms with E-state index < -0.39 is 0 Å². The van der Waals surface area contributed by atoms with E-state index in [4.69, 9.17) is 10.3 Å². The van der Waals surface area contributed by atoms with Gasteiger partial charge in [0.15, 0.2) is 0 Å². The molecule has 0 fully saturated rings. The number of benzene rings is 1. The first-order valence-electron chi connectivity index (χ1n) is 5.76. The number of aromatic hydroxyl groups is 1. The van der Waals surface area contributed by atoms with Crippen LogP contribution < -0.4 is 5.73 Å². The molecule has 0 aliphatic heterocycles. The Balaban J connectivity index is 2.28. The number of phenolic OH excluding ortho intramolecular Hbond substituents is 1. The molecule has 1 aromatic carbocycles. The van der Waals surface area contributed by atoms with Crippen LogP contribution in [-0.4, -0.2) is 15.2 Å². The molecule has 96 valence electrons. The Morgan fingerprint density at radius 2 is 1.83 bits per heavy atom. The summed E-state index contributed by atoms with van der Waals surface area (Å²) in [5, 5.41) is 13.1. The quantitative estimate of drug-likeness (QED) is 0.851. The van der Waals surface area contributed by atoms with Gasteiger partial charge in [-0.05, 0) is 29.7 Å². The molecule has 1 aromatic heterocycles. The highest BCUT2D eigenvalue weighted by atomic mass is 16.5. The van der Waals surface area contributed by atoms with Gasteiger partial charge in [0, 0.05) is 5.56 Å². The molecule has 2 rings (SSSR count). The lowest BCUT2D eigenvalue weighted by Gasteiger charge is -2.23. The van der Waals surface area contributed by atoms with Gasteiger partial charge in [0.25, 0.3) is 0 Å². The van der Waals surface area contributed by atoms with Gasteiger partial charge in [0.05, 0.1) is 6.04 Å². The van der Waals surface area contributed by atoms with Crippen LogP contribution in [0.25, 0.3) is 11.4 Å². The zero-order valence-electron chi connectivity index (χ0n) is 10.7. The number of hydrogen-bond donors (Lipinski definition) is 2. The van der Waals surface area contributed by atoms with E-state index in [-0.39, 0.29) is 17.2 Å². The van der Waals surface area contributed by atoms with E-state index >= 15 is 0 Å². The van der Waals surface area contributed by atoms with Crippen molar-refractivity contribution in [3.8, 4) is 17.1 Å². The second-order valence-corrected chi connectivity index (χ2v) is 5.35. The summed E-state index contributed by atoms with van der Waals surface area (Å²) in [4.78, 5) is 4.29. The number of nitrogens with zero attached hydrogens (tertiary/aromatic N) is 2. The highest BCUT2D eigenvalue weighted by molar-refractivity contribution is 5.55. The van der Waals surface area contributed by atoms with E-state index in [0.717, 1.165) is 5.56 Å². The number of rotatable bonds is 2. The molecule has 0 radical (unpaired) electrons. The zero-order chi connectivity index (χ0) is 13.3. The van der Waals surface area contributed by atoms with Crippen molar-refractivity contribution >= 4 is 0 Å². The van der Waals surface area contributed by atoms with Gasteiger partial charge < -0.3 is 15.4 Å². The van der Waals surface area contributed by atoms with Crippen LogP contribution in [0, 0.1) is 5.41 Å². The van der Waals surface area contributed by atoms with Crippen molar-refractivity contribution in [2.45, 2.75) is 26.8 Å². The first-order valence-corrected chi connectivity index (χ1v) is 5.76. The Hall–Kier alpha value is -1.88. The predicted molar refractivity (Wildman–Crippen MR) is 67.8 cm³/mol. The third-order valence-corrected chi connectivity index (χ3v) is 2.77. The number of phenols is 1. The smallest absolute Gasteiger partial charge is 0.244 e. The molecule has 0 amide bonds. The first-order chi connectivity index (χ1) is 8.38. The van der Waals surface area contributed by atoms with Gasteiger partial charge in [-0.1, -0.05) is 25.9 Å². The number of aromatic nitrogens is 2. The lowest BCUT2D eigenvalue weighted by Crippen LogP contribution is -2.26. The van der Waals surface area contributed by atoms with E-state index in [1.54, 1.807) is 24.3 Å². The molecule has 1 heterocycles. The topological polar surface area (TPSA) is 85.2 Å². The molecule has 0 unspecified atom stereocenters. The van der Waals surface area contributed by atoms with Crippen molar-refractivity contribution in [3.05, 3.63) is 30.2 Å². The molecule has 0 saturated heterocycles. The van der Waals surface area contributed by atoms with E-state index in [2.05, 4.69) is 10.1 Å². The maximum absolute atomic E-state index is 9.22. The monoisotopic (exact) mass is 247 g/mol. The molecule has 5 heteroatoms. The van der Waals surface area contributed by atoms with Crippen LogP contribution in [0.15, 0.2) is 28.8 Å². The SMILES string of the molecule is CC(C)(C)[C@H](N)c1nc(-c2ccc(O)cc2)no1. The summed E-state index contributed by atoms with van der Waals surface area (Å²) in [7, 11) is 0. The van der Waals surface area contributed by atoms with E-state index in [1.807, 2.05) is 20.8 Å². The van der Waals surface area contributed by atoms with Gasteiger partial charge in [-0.2, -0.15) is 4.98 Å². The van der Waals surface area contributed by atoms with Crippen molar-refractivity contribution in [2.24, 2.45) is 11.1 Å². The van der Waals surface area contributed by atoms with Gasteiger partial charge in [0.1, 0.15) is 5.75 Å². The molecular weight excluding hydrogens is 230 g/mol. The van der Waals surface area contributed by atoms with Gasteiger partial charge in [0.2, 0.25) is 11.7 Å². The van der Waals surface area contributed by atoms with Crippen molar-refractivity contribution in [2.75, 3.05) is 0 Å². The first kappa shape index (κ1) is 12.6. The predicted octanol–water partition coefficient (Wildman–Crippen LogP) is 2.49. The summed E-state index contributed by atoms with van der Waals surface area (Å²) >= 11 is 0. The zero-order valence-corrected chi connectivity index (χ0v) is 10.7. The molecule has 0 spiro atoms. The highest BCUT2D eigenvalue weighted by Gasteiger charge is 2.27. The second kappa shape index (κ2) is 4.42. The maximum atomic E-state index is 9.22. The third kappa shape index (κ3) is 2.51. The molecule has 18 heavy (non-hydrogen) atoms. The fourth-order valence-electron chi connectivity index (χ4n) is 1.46. The normalized spacial score (nSPS) is 13.6. The van der Waals surface area contributed by atoms with Gasteiger partial charge in [-0.25, -0.2) is 0 Å². The van der Waals surface area contributed by atoms with Crippen LogP contribution in [0.3, 0.4) is 0 Å². The maximum Gasteiger partial charge on any atom is 0.244 e. The number of hydrogen-bond acceptors (Lipinski definition) is 5. The van der Waals surface area contributed by atoms with Gasteiger partial charge >= 0.3 is 0 Å². The highest BCUT2D eigenvalue weighted by Crippen LogP contribution is 2.30. The average molecular weight is 247 g/mol. The van der Waals surface area contributed by atoms with Crippen molar-refractivity contribution in [3.63, 3.8) is 0 Å². The van der Waals surface area contributed by atoms with Crippen LogP contribution in [0.2, 0.25) is 0 Å². The van der Waals surface area contributed by atoms with Crippen molar-refractivity contribution < 1.29 is 9.63 Å². The van der Waals surface area contributed by atoms with Crippen LogP contribution >= 0.6 is 0 Å². The molecule has 0 aliphatic rings. The summed E-state index contributed by atoms with van der Waals surface area (Å²) in [6, 6.07) is 6.30. The average Bonchev–Trinajstić information content (AvgIpc) is 2.77. The summed E-state index contributed by atoms with van der Waals surface area (Å²) < 4.78 is 5.19. The lowest BCUT2D eigenvalue weighted by molar-refractivity contribution is 0.253. The minimum atomic E-state index is -0.309. The molecule has 5 nitrogen and oxygen atoms in total. The molecule has 0 saturated carbocycles. The second-order valence-electron chi connectivity index (χ2n) is 5.35. The van der Waals surface area contributed by atoms with Crippen LogP contribution in [0.5, 0.6) is 5.75 Å². The summed E-state index contributed by atoms with van der Waals surface area (Å²) in [5.74, 6) is 1.10.